The standard InChI is InChI=1S/C16H21N3O/c1-2-12-7-9-13(10-8-12)14-11-19(18-17-14)15-5-3-4-6-16(15)20/h7-11,15-16,20H,2-6H2,1H3/t15-,16-/m1/s1. The van der Waals surface area contributed by atoms with Crippen LogP contribution in [-0.2, 0) is 6.42 Å². The Labute approximate surface area is 119 Å². The Bertz CT molecular complexity index is 561. The molecule has 1 aliphatic carbocycles. The number of hydrogen-bond acceptors (Lipinski definition) is 3. The number of aryl methyl sites for hydroxylation is 1. The van der Waals surface area contributed by atoms with Gasteiger partial charge in [0.2, 0.25) is 0 Å². The molecule has 0 unspecified atom stereocenters. The average Bonchev–Trinajstić information content (AvgIpc) is 2.97. The van der Waals surface area contributed by atoms with Crippen molar-refractivity contribution in [1.82, 2.24) is 15.0 Å². The largest absolute Gasteiger partial charge is 0.391 e. The van der Waals surface area contributed by atoms with E-state index >= 15 is 0 Å². The van der Waals surface area contributed by atoms with Crippen molar-refractivity contribution < 1.29 is 5.11 Å². The zero-order valence-electron chi connectivity index (χ0n) is 11.9. The van der Waals surface area contributed by atoms with E-state index in [2.05, 4.69) is 41.5 Å². The summed E-state index contributed by atoms with van der Waals surface area (Å²) in [5.41, 5.74) is 3.29. The zero-order valence-corrected chi connectivity index (χ0v) is 11.9. The molecule has 106 valence electrons. The van der Waals surface area contributed by atoms with Gasteiger partial charge in [-0.25, -0.2) is 4.68 Å². The minimum Gasteiger partial charge on any atom is -0.391 e. The molecule has 1 aliphatic rings. The molecule has 1 aromatic heterocycles. The Kier molecular flexibility index (Phi) is 3.83. The molecule has 4 heteroatoms. The summed E-state index contributed by atoms with van der Waals surface area (Å²) < 4.78 is 1.84. The van der Waals surface area contributed by atoms with Crippen molar-refractivity contribution in [2.45, 2.75) is 51.2 Å². The van der Waals surface area contributed by atoms with Crippen molar-refractivity contribution >= 4 is 0 Å². The smallest absolute Gasteiger partial charge is 0.113 e. The predicted molar refractivity (Wildman–Crippen MR) is 78.3 cm³/mol. The number of hydrogen-bond donors (Lipinski definition) is 1. The molecule has 1 saturated carbocycles. The summed E-state index contributed by atoms with van der Waals surface area (Å²) in [5.74, 6) is 0. The van der Waals surface area contributed by atoms with E-state index in [1.165, 1.54) is 5.56 Å². The number of rotatable bonds is 3. The van der Waals surface area contributed by atoms with Gasteiger partial charge in [-0.05, 0) is 24.8 Å². The third kappa shape index (κ3) is 2.61. The predicted octanol–water partition coefficient (Wildman–Crippen LogP) is 2.98. The maximum absolute atomic E-state index is 10.1. The maximum Gasteiger partial charge on any atom is 0.113 e. The van der Waals surface area contributed by atoms with Crippen molar-refractivity contribution in [1.29, 1.82) is 0 Å². The molecule has 0 amide bonds. The molecule has 0 bridgehead atoms. The van der Waals surface area contributed by atoms with Gasteiger partial charge in [-0.1, -0.05) is 49.2 Å². The van der Waals surface area contributed by atoms with Crippen molar-refractivity contribution in [3.05, 3.63) is 36.0 Å². The SMILES string of the molecule is CCc1ccc(-c2cn([C@@H]3CCCC[C@H]3O)nn2)cc1. The second-order valence-corrected chi connectivity index (χ2v) is 5.55. The molecule has 1 heterocycles. The first-order chi connectivity index (χ1) is 9.78. The van der Waals surface area contributed by atoms with Gasteiger partial charge in [0, 0.05) is 5.56 Å². The van der Waals surface area contributed by atoms with E-state index in [9.17, 15) is 5.11 Å². The molecule has 0 saturated heterocycles. The molecule has 2 aromatic rings. The highest BCUT2D eigenvalue weighted by atomic mass is 16.3. The number of aromatic nitrogens is 3. The quantitative estimate of drug-likeness (QED) is 0.933. The van der Waals surface area contributed by atoms with E-state index in [-0.39, 0.29) is 12.1 Å². The van der Waals surface area contributed by atoms with Crippen molar-refractivity contribution in [3.8, 4) is 11.3 Å². The van der Waals surface area contributed by atoms with Crippen molar-refractivity contribution in [3.63, 3.8) is 0 Å². The normalized spacial score (nSPS) is 22.9. The van der Waals surface area contributed by atoms with Gasteiger partial charge in [-0.3, -0.25) is 0 Å². The van der Waals surface area contributed by atoms with Crippen LogP contribution in [0.2, 0.25) is 0 Å². The van der Waals surface area contributed by atoms with Crippen molar-refractivity contribution in [2.24, 2.45) is 0 Å². The summed E-state index contributed by atoms with van der Waals surface area (Å²) in [6.45, 7) is 2.15. The van der Waals surface area contributed by atoms with E-state index in [4.69, 9.17) is 0 Å². The molecule has 1 N–H and O–H groups in total. The molecular formula is C16H21N3O. The van der Waals surface area contributed by atoms with E-state index in [1.54, 1.807) is 0 Å². The second kappa shape index (κ2) is 5.75. The molecule has 0 radical (unpaired) electrons. The first-order valence-corrected chi connectivity index (χ1v) is 7.47. The number of nitrogens with zero attached hydrogens (tertiary/aromatic N) is 3. The highest BCUT2D eigenvalue weighted by molar-refractivity contribution is 5.58. The molecule has 1 aromatic carbocycles. The highest BCUT2D eigenvalue weighted by Gasteiger charge is 2.25. The minimum absolute atomic E-state index is 0.0833. The van der Waals surface area contributed by atoms with Gasteiger partial charge < -0.3 is 5.11 Å². The summed E-state index contributed by atoms with van der Waals surface area (Å²) in [5, 5.41) is 18.6. The fraction of sp³-hybridized carbons (Fsp3) is 0.500. The van der Waals surface area contributed by atoms with Crippen LogP contribution in [0.4, 0.5) is 0 Å². The molecule has 4 nitrogen and oxygen atoms in total. The van der Waals surface area contributed by atoms with Crippen LogP contribution in [0.5, 0.6) is 0 Å². The summed E-state index contributed by atoms with van der Waals surface area (Å²) in [6, 6.07) is 8.52. The molecule has 0 aliphatic heterocycles. The third-order valence-electron chi connectivity index (χ3n) is 4.20. The van der Waals surface area contributed by atoms with E-state index in [1.807, 2.05) is 10.9 Å². The lowest BCUT2D eigenvalue weighted by atomic mass is 9.93. The van der Waals surface area contributed by atoms with E-state index in [0.717, 1.165) is 43.4 Å². The fourth-order valence-corrected chi connectivity index (χ4v) is 2.88. The van der Waals surface area contributed by atoms with Gasteiger partial charge in [-0.2, -0.15) is 0 Å². The van der Waals surface area contributed by atoms with Crippen LogP contribution in [-0.4, -0.2) is 26.2 Å². The lowest BCUT2D eigenvalue weighted by Gasteiger charge is -2.27. The van der Waals surface area contributed by atoms with Crippen molar-refractivity contribution in [2.75, 3.05) is 0 Å². The highest BCUT2D eigenvalue weighted by Crippen LogP contribution is 2.29. The van der Waals surface area contributed by atoms with Crippen LogP contribution in [0.25, 0.3) is 11.3 Å². The Morgan fingerprint density at radius 1 is 1.20 bits per heavy atom. The van der Waals surface area contributed by atoms with Crippen LogP contribution in [0.3, 0.4) is 0 Å². The first-order valence-electron chi connectivity index (χ1n) is 7.47. The fourth-order valence-electron chi connectivity index (χ4n) is 2.88. The molecule has 2 atom stereocenters. The van der Waals surface area contributed by atoms with Crippen LogP contribution in [0, 0.1) is 0 Å². The first kappa shape index (κ1) is 13.3. The van der Waals surface area contributed by atoms with Gasteiger partial charge in [0.15, 0.2) is 0 Å². The van der Waals surface area contributed by atoms with E-state index < -0.39 is 0 Å². The van der Waals surface area contributed by atoms with Gasteiger partial charge in [0.25, 0.3) is 0 Å². The molecular weight excluding hydrogens is 250 g/mol. The van der Waals surface area contributed by atoms with Crippen LogP contribution in [0.15, 0.2) is 30.5 Å². The second-order valence-electron chi connectivity index (χ2n) is 5.55. The maximum atomic E-state index is 10.1. The summed E-state index contributed by atoms with van der Waals surface area (Å²) >= 11 is 0. The van der Waals surface area contributed by atoms with Crippen LogP contribution in [0.1, 0.15) is 44.2 Å². The molecule has 0 spiro atoms. The summed E-state index contributed by atoms with van der Waals surface area (Å²) in [6.07, 6.45) is 6.83. The Morgan fingerprint density at radius 2 is 1.95 bits per heavy atom. The molecule has 3 rings (SSSR count). The van der Waals surface area contributed by atoms with Crippen LogP contribution >= 0.6 is 0 Å². The molecule has 1 fully saturated rings. The third-order valence-corrected chi connectivity index (χ3v) is 4.20. The number of aliphatic hydroxyl groups is 1. The number of aliphatic hydroxyl groups excluding tert-OH is 1. The Morgan fingerprint density at radius 3 is 2.65 bits per heavy atom. The lowest BCUT2D eigenvalue weighted by Crippen LogP contribution is -2.27. The Hall–Kier alpha value is -1.68. The Balaban J connectivity index is 1.81. The summed E-state index contributed by atoms with van der Waals surface area (Å²) in [4.78, 5) is 0. The average molecular weight is 271 g/mol. The van der Waals surface area contributed by atoms with Gasteiger partial charge >= 0.3 is 0 Å². The zero-order chi connectivity index (χ0) is 13.9. The topological polar surface area (TPSA) is 50.9 Å². The minimum atomic E-state index is -0.291. The number of benzene rings is 1. The van der Waals surface area contributed by atoms with E-state index in [0.29, 0.717) is 0 Å². The monoisotopic (exact) mass is 271 g/mol. The van der Waals surface area contributed by atoms with Gasteiger partial charge in [-0.15, -0.1) is 5.10 Å². The van der Waals surface area contributed by atoms with Crippen LogP contribution < -0.4 is 0 Å². The van der Waals surface area contributed by atoms with Gasteiger partial charge in [0.1, 0.15) is 5.69 Å². The summed E-state index contributed by atoms with van der Waals surface area (Å²) in [7, 11) is 0. The molecule has 20 heavy (non-hydrogen) atoms. The lowest BCUT2D eigenvalue weighted by molar-refractivity contribution is 0.0685. The van der Waals surface area contributed by atoms with Gasteiger partial charge in [0.05, 0.1) is 18.3 Å².